The van der Waals surface area contributed by atoms with Crippen molar-refractivity contribution >= 4 is 43.3 Å². The van der Waals surface area contributed by atoms with E-state index in [-0.39, 0.29) is 22.9 Å². The van der Waals surface area contributed by atoms with Gasteiger partial charge in [0.2, 0.25) is 5.43 Å². The Morgan fingerprint density at radius 2 is 1.78 bits per heavy atom. The number of aromatic nitrogens is 3. The van der Waals surface area contributed by atoms with Crippen molar-refractivity contribution in [2.75, 3.05) is 40.3 Å². The molecule has 1 amide bonds. The van der Waals surface area contributed by atoms with Gasteiger partial charge in [-0.2, -0.15) is 0 Å². The molecule has 8 nitrogen and oxygen atoms in total. The summed E-state index contributed by atoms with van der Waals surface area (Å²) in [5.74, 6) is 2.25. The summed E-state index contributed by atoms with van der Waals surface area (Å²) in [5.41, 5.74) is 1.52. The zero-order chi connectivity index (χ0) is 25.3. The van der Waals surface area contributed by atoms with Gasteiger partial charge in [-0.25, -0.2) is 9.97 Å². The van der Waals surface area contributed by atoms with Crippen LogP contribution in [0.3, 0.4) is 0 Å². The number of hydrogen-bond acceptors (Lipinski definition) is 7. The van der Waals surface area contributed by atoms with Crippen molar-refractivity contribution in [3.05, 3.63) is 52.1 Å². The van der Waals surface area contributed by atoms with Crippen LogP contribution in [-0.4, -0.2) is 76.4 Å². The van der Waals surface area contributed by atoms with E-state index in [4.69, 9.17) is 9.97 Å². The number of amides is 1. The summed E-state index contributed by atoms with van der Waals surface area (Å²) in [5, 5.41) is 3.58. The SMILES string of the molecule is CN1CCC(NC(=O)c2c(=O)c3cnc(C4CC5CN(C)CC5C4)nc3n3c2sc2ccccc23)CC1. The van der Waals surface area contributed by atoms with Crippen LogP contribution in [0.25, 0.3) is 26.1 Å². The maximum absolute atomic E-state index is 13.8. The highest BCUT2D eigenvalue weighted by Crippen LogP contribution is 2.45. The van der Waals surface area contributed by atoms with Crippen LogP contribution in [0.2, 0.25) is 0 Å². The van der Waals surface area contributed by atoms with E-state index >= 15 is 0 Å². The first-order valence-electron chi connectivity index (χ1n) is 13.4. The van der Waals surface area contributed by atoms with Gasteiger partial charge in [0.25, 0.3) is 5.91 Å². The average molecular weight is 517 g/mol. The summed E-state index contributed by atoms with van der Waals surface area (Å²) in [4.78, 5) is 42.5. The Morgan fingerprint density at radius 1 is 1.05 bits per heavy atom. The minimum atomic E-state index is -0.290. The van der Waals surface area contributed by atoms with Crippen LogP contribution in [0.1, 0.15) is 47.8 Å². The lowest BCUT2D eigenvalue weighted by Gasteiger charge is -2.29. The molecule has 2 atom stereocenters. The molecule has 2 saturated heterocycles. The van der Waals surface area contributed by atoms with E-state index in [2.05, 4.69) is 29.2 Å². The Bertz CT molecular complexity index is 1570. The van der Waals surface area contributed by atoms with Crippen molar-refractivity contribution < 1.29 is 4.79 Å². The predicted molar refractivity (Wildman–Crippen MR) is 147 cm³/mol. The number of carbonyl (C=O) groups excluding carboxylic acids is 1. The molecule has 2 unspecified atom stereocenters. The molecule has 3 fully saturated rings. The highest BCUT2D eigenvalue weighted by atomic mass is 32.1. The largest absolute Gasteiger partial charge is 0.349 e. The van der Waals surface area contributed by atoms with E-state index in [1.165, 1.54) is 11.3 Å². The van der Waals surface area contributed by atoms with Gasteiger partial charge in [0, 0.05) is 31.2 Å². The van der Waals surface area contributed by atoms with Crippen molar-refractivity contribution in [2.24, 2.45) is 11.8 Å². The molecule has 3 aliphatic rings. The molecule has 0 radical (unpaired) electrons. The van der Waals surface area contributed by atoms with Crippen LogP contribution in [0.15, 0.2) is 35.3 Å². The van der Waals surface area contributed by atoms with Crippen LogP contribution in [0.5, 0.6) is 0 Å². The summed E-state index contributed by atoms with van der Waals surface area (Å²) in [6, 6.07) is 8.14. The minimum absolute atomic E-state index is 0.0766. The second kappa shape index (κ2) is 8.85. The molecule has 192 valence electrons. The number of nitrogens with one attached hydrogen (secondary N) is 1. The van der Waals surface area contributed by atoms with E-state index < -0.39 is 0 Å². The normalized spacial score (nSPS) is 25.4. The Morgan fingerprint density at radius 3 is 2.54 bits per heavy atom. The number of fused-ring (bicyclic) bond motifs is 6. The van der Waals surface area contributed by atoms with Gasteiger partial charge in [-0.1, -0.05) is 12.1 Å². The first kappa shape index (κ1) is 23.3. The highest BCUT2D eigenvalue weighted by molar-refractivity contribution is 7.24. The van der Waals surface area contributed by atoms with E-state index in [9.17, 15) is 9.59 Å². The quantitative estimate of drug-likeness (QED) is 0.450. The molecule has 7 rings (SSSR count). The lowest BCUT2D eigenvalue weighted by Crippen LogP contribution is -2.44. The second-order valence-electron chi connectivity index (χ2n) is 11.3. The van der Waals surface area contributed by atoms with E-state index in [1.807, 2.05) is 28.7 Å². The lowest BCUT2D eigenvalue weighted by molar-refractivity contribution is 0.0917. The van der Waals surface area contributed by atoms with Gasteiger partial charge in [-0.3, -0.25) is 14.0 Å². The van der Waals surface area contributed by atoms with Gasteiger partial charge in [0.15, 0.2) is 5.65 Å². The monoisotopic (exact) mass is 516 g/mol. The molecule has 0 bridgehead atoms. The summed E-state index contributed by atoms with van der Waals surface area (Å²) < 4.78 is 3.05. The molecule has 4 aromatic rings. The number of nitrogens with zero attached hydrogens (tertiary/aromatic N) is 5. The van der Waals surface area contributed by atoms with Gasteiger partial charge >= 0.3 is 0 Å². The molecule has 0 spiro atoms. The predicted octanol–water partition coefficient (Wildman–Crippen LogP) is 3.34. The molecule has 5 heterocycles. The number of likely N-dealkylation sites (tertiary alicyclic amines) is 2. The standard InChI is InChI=1S/C28H32N6O2S/c1-32-9-7-19(8-10-32)30-27(36)23-24(35)20-13-29-25(16-11-17-14-33(2)15-18(17)12-16)31-26(20)34-21-5-3-4-6-22(21)37-28(23)34/h3-6,13,16-19H,7-12,14-15H2,1-2H3,(H,30,36). The average Bonchev–Trinajstić information content (AvgIpc) is 3.56. The molecule has 1 saturated carbocycles. The van der Waals surface area contributed by atoms with E-state index in [1.54, 1.807) is 6.20 Å². The first-order valence-corrected chi connectivity index (χ1v) is 14.2. The van der Waals surface area contributed by atoms with Crippen LogP contribution >= 0.6 is 11.3 Å². The first-order chi connectivity index (χ1) is 18.0. The number of benzene rings is 1. The fourth-order valence-electron chi connectivity index (χ4n) is 6.86. The molecular formula is C28H32N6O2S. The van der Waals surface area contributed by atoms with E-state index in [0.717, 1.165) is 67.9 Å². The van der Waals surface area contributed by atoms with Crippen molar-refractivity contribution in [1.82, 2.24) is 29.5 Å². The molecule has 3 aromatic heterocycles. The Hall–Kier alpha value is -2.88. The molecule has 1 aliphatic carbocycles. The van der Waals surface area contributed by atoms with Crippen LogP contribution < -0.4 is 10.7 Å². The maximum atomic E-state index is 13.8. The number of rotatable bonds is 3. The van der Waals surface area contributed by atoms with Crippen molar-refractivity contribution in [3.8, 4) is 0 Å². The highest BCUT2D eigenvalue weighted by Gasteiger charge is 2.41. The number of piperidine rings is 1. The fourth-order valence-corrected chi connectivity index (χ4v) is 8.04. The molecule has 37 heavy (non-hydrogen) atoms. The van der Waals surface area contributed by atoms with Crippen LogP contribution in [-0.2, 0) is 0 Å². The Kier molecular flexibility index (Phi) is 5.56. The number of carbonyl (C=O) groups is 1. The summed E-state index contributed by atoms with van der Waals surface area (Å²) >= 11 is 1.49. The van der Waals surface area contributed by atoms with Crippen molar-refractivity contribution in [1.29, 1.82) is 0 Å². The van der Waals surface area contributed by atoms with Gasteiger partial charge in [-0.15, -0.1) is 11.3 Å². The third-order valence-electron chi connectivity index (χ3n) is 8.78. The topological polar surface area (TPSA) is 82.8 Å². The number of para-hydroxylation sites is 1. The molecule has 9 heteroatoms. The summed E-state index contributed by atoms with van der Waals surface area (Å²) in [7, 11) is 4.30. The number of thiazole rings is 1. The third kappa shape index (κ3) is 3.86. The smallest absolute Gasteiger partial charge is 0.258 e. The summed E-state index contributed by atoms with van der Waals surface area (Å²) in [6.45, 7) is 4.16. The Labute approximate surface area is 219 Å². The Balaban J connectivity index is 1.35. The zero-order valence-electron chi connectivity index (χ0n) is 21.3. The van der Waals surface area contributed by atoms with Gasteiger partial charge < -0.3 is 15.1 Å². The van der Waals surface area contributed by atoms with E-state index in [0.29, 0.717) is 33.6 Å². The van der Waals surface area contributed by atoms with Gasteiger partial charge in [-0.05, 0) is 76.8 Å². The lowest BCUT2D eigenvalue weighted by atomic mass is 10.0. The number of pyridine rings is 1. The second-order valence-corrected chi connectivity index (χ2v) is 12.4. The van der Waals surface area contributed by atoms with Crippen LogP contribution in [0.4, 0.5) is 0 Å². The minimum Gasteiger partial charge on any atom is -0.349 e. The number of hydrogen-bond donors (Lipinski definition) is 1. The van der Waals surface area contributed by atoms with Crippen molar-refractivity contribution in [2.45, 2.75) is 37.6 Å². The maximum Gasteiger partial charge on any atom is 0.258 e. The molecule has 1 aromatic carbocycles. The summed E-state index contributed by atoms with van der Waals surface area (Å²) in [6.07, 6.45) is 5.64. The van der Waals surface area contributed by atoms with Gasteiger partial charge in [0.1, 0.15) is 16.2 Å². The van der Waals surface area contributed by atoms with Crippen molar-refractivity contribution in [3.63, 3.8) is 0 Å². The fraction of sp³-hybridized carbons (Fsp3) is 0.500. The molecular weight excluding hydrogens is 484 g/mol. The zero-order valence-corrected chi connectivity index (χ0v) is 22.1. The third-order valence-corrected chi connectivity index (χ3v) is 9.93. The van der Waals surface area contributed by atoms with Crippen LogP contribution in [0, 0.1) is 11.8 Å². The molecule has 1 N–H and O–H groups in total. The molecule has 2 aliphatic heterocycles. The van der Waals surface area contributed by atoms with Gasteiger partial charge in [0.05, 0.1) is 15.6 Å².